The normalized spacial score (nSPS) is 19.9. The van der Waals surface area contributed by atoms with Gasteiger partial charge in [-0.3, -0.25) is 9.59 Å². The topological polar surface area (TPSA) is 59.1 Å². The molecule has 32 heavy (non-hydrogen) atoms. The highest BCUT2D eigenvalue weighted by molar-refractivity contribution is 6.32. The van der Waals surface area contributed by atoms with Gasteiger partial charge in [0.1, 0.15) is 0 Å². The molecular weight excluding hydrogens is 428 g/mol. The number of halogens is 1. The molecule has 2 fully saturated rings. The maximum Gasteiger partial charge on any atom is 0.246 e. The van der Waals surface area contributed by atoms with Gasteiger partial charge in [-0.2, -0.15) is 0 Å². The SMILES string of the molecule is CCCOc1c(Cl)cc(/C=C/C(=O)N2CCC(C(=O)N3CCCC(C)C3)CC2)cc1OC. The molecule has 2 heterocycles. The summed E-state index contributed by atoms with van der Waals surface area (Å²) >= 11 is 6.36. The Bertz CT molecular complexity index is 833. The summed E-state index contributed by atoms with van der Waals surface area (Å²) in [5.41, 5.74) is 0.772. The smallest absolute Gasteiger partial charge is 0.246 e. The summed E-state index contributed by atoms with van der Waals surface area (Å²) in [7, 11) is 1.57. The number of hydrogen-bond donors (Lipinski definition) is 0. The molecule has 1 aromatic carbocycles. The third-order valence-corrected chi connectivity index (χ3v) is 6.53. The Morgan fingerprint density at radius 2 is 1.91 bits per heavy atom. The second-order valence-corrected chi connectivity index (χ2v) is 9.25. The van der Waals surface area contributed by atoms with Gasteiger partial charge in [0, 0.05) is 38.2 Å². The number of likely N-dealkylation sites (tertiary alicyclic amines) is 2. The summed E-state index contributed by atoms with van der Waals surface area (Å²) in [5.74, 6) is 1.90. The van der Waals surface area contributed by atoms with E-state index in [1.54, 1.807) is 25.3 Å². The third kappa shape index (κ3) is 6.18. The van der Waals surface area contributed by atoms with E-state index in [1.807, 2.05) is 22.8 Å². The summed E-state index contributed by atoms with van der Waals surface area (Å²) in [5, 5.41) is 0.455. The van der Waals surface area contributed by atoms with Gasteiger partial charge in [-0.15, -0.1) is 0 Å². The van der Waals surface area contributed by atoms with Gasteiger partial charge in [-0.05, 0) is 61.8 Å². The minimum absolute atomic E-state index is 0.0343. The molecule has 1 unspecified atom stereocenters. The zero-order chi connectivity index (χ0) is 23.1. The monoisotopic (exact) mass is 462 g/mol. The van der Waals surface area contributed by atoms with Crippen LogP contribution in [-0.4, -0.2) is 61.5 Å². The highest BCUT2D eigenvalue weighted by Crippen LogP contribution is 2.37. The molecule has 0 aliphatic carbocycles. The van der Waals surface area contributed by atoms with Crippen LogP contribution in [0.15, 0.2) is 18.2 Å². The zero-order valence-corrected chi connectivity index (χ0v) is 20.2. The first kappa shape index (κ1) is 24.4. The van der Waals surface area contributed by atoms with Gasteiger partial charge in [0.05, 0.1) is 18.7 Å². The Hall–Kier alpha value is -2.21. The van der Waals surface area contributed by atoms with Crippen LogP contribution in [0.25, 0.3) is 6.08 Å². The predicted octanol–water partition coefficient (Wildman–Crippen LogP) is 4.65. The van der Waals surface area contributed by atoms with E-state index in [1.165, 1.54) is 6.42 Å². The Balaban J connectivity index is 1.55. The summed E-state index contributed by atoms with van der Waals surface area (Å²) in [6, 6.07) is 3.58. The number of carbonyl (C=O) groups is 2. The van der Waals surface area contributed by atoms with Gasteiger partial charge < -0.3 is 19.3 Å². The first-order valence-electron chi connectivity index (χ1n) is 11.7. The summed E-state index contributed by atoms with van der Waals surface area (Å²) < 4.78 is 11.1. The average molecular weight is 463 g/mol. The average Bonchev–Trinajstić information content (AvgIpc) is 2.81. The molecule has 2 amide bonds. The molecule has 0 aromatic heterocycles. The number of benzene rings is 1. The quantitative estimate of drug-likeness (QED) is 0.553. The molecule has 1 atom stereocenters. The molecule has 6 nitrogen and oxygen atoms in total. The van der Waals surface area contributed by atoms with Crippen molar-refractivity contribution in [3.05, 3.63) is 28.8 Å². The largest absolute Gasteiger partial charge is 0.493 e. The van der Waals surface area contributed by atoms with Gasteiger partial charge in [0.15, 0.2) is 11.5 Å². The molecule has 0 radical (unpaired) electrons. The van der Waals surface area contributed by atoms with Crippen LogP contribution in [0.3, 0.4) is 0 Å². The number of hydrogen-bond acceptors (Lipinski definition) is 4. The first-order valence-corrected chi connectivity index (χ1v) is 12.1. The van der Waals surface area contributed by atoms with E-state index in [9.17, 15) is 9.59 Å². The highest BCUT2D eigenvalue weighted by Gasteiger charge is 2.31. The van der Waals surface area contributed by atoms with E-state index in [4.69, 9.17) is 21.1 Å². The van der Waals surface area contributed by atoms with Crippen LogP contribution >= 0.6 is 11.6 Å². The molecule has 176 valence electrons. The lowest BCUT2D eigenvalue weighted by atomic mass is 9.92. The maximum absolute atomic E-state index is 12.8. The fourth-order valence-corrected chi connectivity index (χ4v) is 4.72. The minimum Gasteiger partial charge on any atom is -0.493 e. The van der Waals surface area contributed by atoms with Gasteiger partial charge >= 0.3 is 0 Å². The Kier molecular flexibility index (Phi) is 8.85. The van der Waals surface area contributed by atoms with Crippen LogP contribution < -0.4 is 9.47 Å². The van der Waals surface area contributed by atoms with E-state index in [0.717, 1.165) is 44.3 Å². The van der Waals surface area contributed by atoms with E-state index in [2.05, 4.69) is 6.92 Å². The molecule has 3 rings (SSSR count). The van der Waals surface area contributed by atoms with Crippen molar-refractivity contribution >= 4 is 29.5 Å². The van der Waals surface area contributed by atoms with Crippen LogP contribution in [0.4, 0.5) is 0 Å². The van der Waals surface area contributed by atoms with E-state index < -0.39 is 0 Å². The standard InChI is InChI=1S/C25H35ClN2O4/c1-4-14-32-24-21(26)15-19(16-22(24)31-3)7-8-23(29)27-12-9-20(10-13-27)25(30)28-11-5-6-18(2)17-28/h7-8,15-16,18,20H,4-6,9-14,17H2,1-3H3/b8-7+. The van der Waals surface area contributed by atoms with Gasteiger partial charge in [0.2, 0.25) is 11.8 Å². The van der Waals surface area contributed by atoms with Gasteiger partial charge in [-0.25, -0.2) is 0 Å². The summed E-state index contributed by atoms with van der Waals surface area (Å²) in [4.78, 5) is 29.4. The molecule has 2 aliphatic rings. The summed E-state index contributed by atoms with van der Waals surface area (Å²) in [6.07, 6.45) is 7.93. The molecule has 0 spiro atoms. The molecule has 2 aliphatic heterocycles. The van der Waals surface area contributed by atoms with Crippen molar-refractivity contribution in [1.29, 1.82) is 0 Å². The van der Waals surface area contributed by atoms with E-state index in [0.29, 0.717) is 42.1 Å². The van der Waals surface area contributed by atoms with E-state index >= 15 is 0 Å². The van der Waals surface area contributed by atoms with Crippen molar-refractivity contribution in [3.8, 4) is 11.5 Å². The molecule has 0 N–H and O–H groups in total. The van der Waals surface area contributed by atoms with Gasteiger partial charge in [0.25, 0.3) is 0 Å². The van der Waals surface area contributed by atoms with Crippen LogP contribution in [0.1, 0.15) is 51.5 Å². The predicted molar refractivity (Wildman–Crippen MR) is 127 cm³/mol. The molecule has 0 bridgehead atoms. The highest BCUT2D eigenvalue weighted by atomic mass is 35.5. The zero-order valence-electron chi connectivity index (χ0n) is 19.4. The fourth-order valence-electron chi connectivity index (χ4n) is 4.45. The third-order valence-electron chi connectivity index (χ3n) is 6.25. The van der Waals surface area contributed by atoms with Gasteiger partial charge in [-0.1, -0.05) is 25.4 Å². The number of piperidine rings is 2. The second-order valence-electron chi connectivity index (χ2n) is 8.85. The molecule has 1 aromatic rings. The van der Waals surface area contributed by atoms with Crippen molar-refractivity contribution in [2.75, 3.05) is 39.9 Å². The molecule has 2 saturated heterocycles. The number of methoxy groups -OCH3 is 1. The van der Waals surface area contributed by atoms with Crippen molar-refractivity contribution in [3.63, 3.8) is 0 Å². The number of nitrogens with zero attached hydrogens (tertiary/aromatic N) is 2. The Labute approximate surface area is 196 Å². The lowest BCUT2D eigenvalue weighted by molar-refractivity contribution is -0.140. The van der Waals surface area contributed by atoms with Crippen molar-refractivity contribution in [1.82, 2.24) is 9.80 Å². The lowest BCUT2D eigenvalue weighted by Crippen LogP contribution is -2.46. The van der Waals surface area contributed by atoms with Crippen LogP contribution in [0, 0.1) is 11.8 Å². The number of ether oxygens (including phenoxy) is 2. The Morgan fingerprint density at radius 3 is 2.56 bits per heavy atom. The second kappa shape index (κ2) is 11.6. The van der Waals surface area contributed by atoms with Crippen LogP contribution in [0.5, 0.6) is 11.5 Å². The number of carbonyl (C=O) groups excluding carboxylic acids is 2. The number of rotatable bonds is 7. The van der Waals surface area contributed by atoms with Crippen LogP contribution in [0.2, 0.25) is 5.02 Å². The molecular formula is C25H35ClN2O4. The van der Waals surface area contributed by atoms with E-state index in [-0.39, 0.29) is 17.7 Å². The van der Waals surface area contributed by atoms with Crippen molar-refractivity contribution in [2.45, 2.75) is 46.0 Å². The Morgan fingerprint density at radius 1 is 1.16 bits per heavy atom. The van der Waals surface area contributed by atoms with Crippen LogP contribution in [-0.2, 0) is 9.59 Å². The maximum atomic E-state index is 12.8. The van der Waals surface area contributed by atoms with Crippen molar-refractivity contribution < 1.29 is 19.1 Å². The summed E-state index contributed by atoms with van der Waals surface area (Å²) in [6.45, 7) is 7.75. The molecule has 7 heteroatoms. The minimum atomic E-state index is -0.0520. The first-order chi connectivity index (χ1) is 15.4. The van der Waals surface area contributed by atoms with Crippen molar-refractivity contribution in [2.24, 2.45) is 11.8 Å². The fraction of sp³-hybridized carbons (Fsp3) is 0.600. The molecule has 0 saturated carbocycles. The lowest BCUT2D eigenvalue weighted by Gasteiger charge is -2.37. The number of amides is 2.